The highest BCUT2D eigenvalue weighted by molar-refractivity contribution is 6.00. The summed E-state index contributed by atoms with van der Waals surface area (Å²) in [5.74, 6) is -0.294. The SMILES string of the molecule is NC(=O)c1ccc(N2CCN(C(C(=O)c3ccccc3)c3ccccc3)CC2)cc1. The zero-order chi connectivity index (χ0) is 20.9. The fourth-order valence-electron chi connectivity index (χ4n) is 4.00. The lowest BCUT2D eigenvalue weighted by Gasteiger charge is -2.40. The van der Waals surface area contributed by atoms with Crippen molar-refractivity contribution in [2.24, 2.45) is 5.73 Å². The molecule has 1 amide bonds. The van der Waals surface area contributed by atoms with Gasteiger partial charge in [0.05, 0.1) is 6.04 Å². The van der Waals surface area contributed by atoms with Gasteiger partial charge in [-0.05, 0) is 29.8 Å². The lowest BCUT2D eigenvalue weighted by atomic mass is 9.95. The molecule has 0 radical (unpaired) electrons. The number of piperazine rings is 1. The number of rotatable bonds is 6. The quantitative estimate of drug-likeness (QED) is 0.644. The minimum absolute atomic E-state index is 0.126. The average molecular weight is 399 g/mol. The predicted molar refractivity (Wildman–Crippen MR) is 119 cm³/mol. The standard InChI is InChI=1S/C25H25N3O2/c26-25(30)21-11-13-22(14-12-21)27-15-17-28(18-16-27)23(19-7-3-1-4-8-19)24(29)20-9-5-2-6-10-20/h1-14,23H,15-18H2,(H2,26,30). The number of nitrogens with two attached hydrogens (primary N) is 1. The third-order valence-corrected chi connectivity index (χ3v) is 5.62. The molecule has 1 aliphatic rings. The van der Waals surface area contributed by atoms with Gasteiger partial charge in [-0.2, -0.15) is 0 Å². The Kier molecular flexibility index (Phi) is 5.91. The first-order valence-electron chi connectivity index (χ1n) is 10.2. The summed E-state index contributed by atoms with van der Waals surface area (Å²) in [6.45, 7) is 3.16. The van der Waals surface area contributed by atoms with Crippen LogP contribution in [0.1, 0.15) is 32.3 Å². The number of carbonyl (C=O) groups excluding carboxylic acids is 2. The number of amides is 1. The van der Waals surface area contributed by atoms with E-state index in [0.717, 1.165) is 43.0 Å². The van der Waals surface area contributed by atoms with Gasteiger partial charge in [-0.25, -0.2) is 0 Å². The number of hydrogen-bond acceptors (Lipinski definition) is 4. The molecular formula is C25H25N3O2. The first-order chi connectivity index (χ1) is 14.6. The molecule has 1 fully saturated rings. The Morgan fingerprint density at radius 2 is 1.27 bits per heavy atom. The van der Waals surface area contributed by atoms with E-state index in [1.54, 1.807) is 12.1 Å². The van der Waals surface area contributed by atoms with Crippen LogP contribution in [0.5, 0.6) is 0 Å². The van der Waals surface area contributed by atoms with Crippen LogP contribution in [0.25, 0.3) is 0 Å². The number of primary amides is 1. The maximum Gasteiger partial charge on any atom is 0.248 e. The maximum atomic E-state index is 13.4. The number of hydrogen-bond donors (Lipinski definition) is 1. The van der Waals surface area contributed by atoms with Gasteiger partial charge in [0.15, 0.2) is 5.78 Å². The van der Waals surface area contributed by atoms with Crippen molar-refractivity contribution in [2.45, 2.75) is 6.04 Å². The number of carbonyl (C=O) groups is 2. The molecule has 2 N–H and O–H groups in total. The predicted octanol–water partition coefficient (Wildman–Crippen LogP) is 3.53. The van der Waals surface area contributed by atoms with E-state index in [4.69, 9.17) is 5.73 Å². The molecule has 152 valence electrons. The largest absolute Gasteiger partial charge is 0.369 e. The van der Waals surface area contributed by atoms with Crippen molar-refractivity contribution in [3.8, 4) is 0 Å². The molecule has 0 spiro atoms. The molecule has 0 saturated carbocycles. The van der Waals surface area contributed by atoms with Crippen LogP contribution in [-0.4, -0.2) is 42.8 Å². The number of nitrogens with zero attached hydrogens (tertiary/aromatic N) is 2. The molecule has 30 heavy (non-hydrogen) atoms. The molecule has 0 bridgehead atoms. The lowest BCUT2D eigenvalue weighted by molar-refractivity contribution is 0.0806. The van der Waals surface area contributed by atoms with Crippen molar-refractivity contribution in [3.63, 3.8) is 0 Å². The van der Waals surface area contributed by atoms with Crippen LogP contribution in [0.4, 0.5) is 5.69 Å². The van der Waals surface area contributed by atoms with E-state index in [1.165, 1.54) is 0 Å². The van der Waals surface area contributed by atoms with Crippen LogP contribution in [0.3, 0.4) is 0 Å². The van der Waals surface area contributed by atoms with Crippen molar-refractivity contribution < 1.29 is 9.59 Å². The zero-order valence-corrected chi connectivity index (χ0v) is 16.8. The first kappa shape index (κ1) is 19.9. The summed E-state index contributed by atoms with van der Waals surface area (Å²) < 4.78 is 0. The van der Waals surface area contributed by atoms with Crippen LogP contribution in [0.15, 0.2) is 84.9 Å². The van der Waals surface area contributed by atoms with Crippen LogP contribution in [0, 0.1) is 0 Å². The van der Waals surface area contributed by atoms with Gasteiger partial charge in [-0.15, -0.1) is 0 Å². The van der Waals surface area contributed by atoms with Crippen molar-refractivity contribution >= 4 is 17.4 Å². The van der Waals surface area contributed by atoms with E-state index in [9.17, 15) is 9.59 Å². The molecule has 1 heterocycles. The molecule has 3 aromatic rings. The number of anilines is 1. The molecule has 0 aromatic heterocycles. The molecule has 1 saturated heterocycles. The molecule has 1 atom stereocenters. The first-order valence-corrected chi connectivity index (χ1v) is 10.2. The fourth-order valence-corrected chi connectivity index (χ4v) is 4.00. The summed E-state index contributed by atoms with van der Waals surface area (Å²) in [7, 11) is 0. The average Bonchev–Trinajstić information content (AvgIpc) is 2.81. The third-order valence-electron chi connectivity index (χ3n) is 5.62. The summed E-state index contributed by atoms with van der Waals surface area (Å²) in [6.07, 6.45) is 0. The van der Waals surface area contributed by atoms with Gasteiger partial charge in [0.2, 0.25) is 5.91 Å². The Balaban J connectivity index is 1.52. The van der Waals surface area contributed by atoms with Gasteiger partial charge >= 0.3 is 0 Å². The minimum Gasteiger partial charge on any atom is -0.369 e. The Hall–Kier alpha value is -3.44. The summed E-state index contributed by atoms with van der Waals surface area (Å²) >= 11 is 0. The summed E-state index contributed by atoms with van der Waals surface area (Å²) in [4.78, 5) is 29.2. The Bertz CT molecular complexity index is 996. The molecule has 4 rings (SSSR count). The molecule has 1 unspecified atom stereocenters. The normalized spacial score (nSPS) is 15.5. The summed E-state index contributed by atoms with van der Waals surface area (Å²) in [5.41, 5.74) is 8.66. The van der Waals surface area contributed by atoms with Crippen LogP contribution in [0.2, 0.25) is 0 Å². The van der Waals surface area contributed by atoms with Crippen LogP contribution < -0.4 is 10.6 Å². The van der Waals surface area contributed by atoms with Gasteiger partial charge in [0.1, 0.15) is 0 Å². The zero-order valence-electron chi connectivity index (χ0n) is 16.8. The van der Waals surface area contributed by atoms with Crippen LogP contribution >= 0.6 is 0 Å². The number of ketones is 1. The molecule has 0 aliphatic carbocycles. The number of Topliss-reactive ketones (excluding diaryl/α,β-unsaturated/α-hetero) is 1. The monoisotopic (exact) mass is 399 g/mol. The fraction of sp³-hybridized carbons (Fsp3) is 0.200. The van der Waals surface area contributed by atoms with Crippen molar-refractivity contribution in [1.29, 1.82) is 0 Å². The van der Waals surface area contributed by atoms with E-state index in [-0.39, 0.29) is 11.8 Å². The van der Waals surface area contributed by atoms with Crippen molar-refractivity contribution in [1.82, 2.24) is 4.90 Å². The Morgan fingerprint density at radius 3 is 1.83 bits per heavy atom. The van der Waals surface area contributed by atoms with E-state index in [0.29, 0.717) is 5.56 Å². The van der Waals surface area contributed by atoms with Gasteiger partial charge in [-0.1, -0.05) is 60.7 Å². The smallest absolute Gasteiger partial charge is 0.248 e. The second-order valence-electron chi connectivity index (χ2n) is 7.48. The van der Waals surface area contributed by atoms with Crippen molar-refractivity contribution in [3.05, 3.63) is 102 Å². The summed E-state index contributed by atoms with van der Waals surface area (Å²) in [6, 6.07) is 26.6. The highest BCUT2D eigenvalue weighted by Crippen LogP contribution is 2.28. The van der Waals surface area contributed by atoms with E-state index >= 15 is 0 Å². The number of benzene rings is 3. The second kappa shape index (κ2) is 8.93. The van der Waals surface area contributed by atoms with E-state index < -0.39 is 5.91 Å². The highest BCUT2D eigenvalue weighted by Gasteiger charge is 2.31. The Labute approximate surface area is 176 Å². The van der Waals surface area contributed by atoms with Gasteiger partial charge in [0, 0.05) is 43.0 Å². The minimum atomic E-state index is -0.420. The van der Waals surface area contributed by atoms with Gasteiger partial charge < -0.3 is 10.6 Å². The molecule has 5 nitrogen and oxygen atoms in total. The third kappa shape index (κ3) is 4.26. The second-order valence-corrected chi connectivity index (χ2v) is 7.48. The summed E-state index contributed by atoms with van der Waals surface area (Å²) in [5, 5.41) is 0. The lowest BCUT2D eigenvalue weighted by Crippen LogP contribution is -2.49. The molecule has 3 aromatic carbocycles. The maximum absolute atomic E-state index is 13.4. The molecule has 1 aliphatic heterocycles. The van der Waals surface area contributed by atoms with E-state index in [1.807, 2.05) is 72.8 Å². The highest BCUT2D eigenvalue weighted by atomic mass is 16.1. The van der Waals surface area contributed by atoms with E-state index in [2.05, 4.69) is 9.80 Å². The van der Waals surface area contributed by atoms with Gasteiger partial charge in [-0.3, -0.25) is 14.5 Å². The van der Waals surface area contributed by atoms with Gasteiger partial charge in [0.25, 0.3) is 0 Å². The molecular weight excluding hydrogens is 374 g/mol. The van der Waals surface area contributed by atoms with Crippen molar-refractivity contribution in [2.75, 3.05) is 31.1 Å². The van der Waals surface area contributed by atoms with Crippen LogP contribution in [-0.2, 0) is 0 Å². The topological polar surface area (TPSA) is 66.6 Å². The molecule has 5 heteroatoms. The Morgan fingerprint density at radius 1 is 0.700 bits per heavy atom.